The van der Waals surface area contributed by atoms with E-state index in [2.05, 4.69) is 0 Å². The van der Waals surface area contributed by atoms with Gasteiger partial charge in [-0.2, -0.15) is 0 Å². The maximum absolute atomic E-state index is 10.7. The Bertz CT molecular complexity index is 311. The minimum Gasteiger partial charge on any atom is -0.519 e. The molecule has 1 rings (SSSR count). The van der Waals surface area contributed by atoms with E-state index in [1.165, 1.54) is 6.07 Å². The van der Waals surface area contributed by atoms with Crippen molar-refractivity contribution in [3.63, 3.8) is 0 Å². The van der Waals surface area contributed by atoms with Crippen LogP contribution in [0.1, 0.15) is 0 Å². The maximum atomic E-state index is 10.7. The van der Waals surface area contributed by atoms with Crippen LogP contribution in [-0.2, 0) is 0 Å². The van der Waals surface area contributed by atoms with E-state index in [-0.39, 0.29) is 5.63 Å². The molecule has 1 aromatic heterocycles. The zero-order valence-electron chi connectivity index (χ0n) is 7.46. The van der Waals surface area contributed by atoms with Gasteiger partial charge in [-0.05, 0) is 25.7 Å². The van der Waals surface area contributed by atoms with E-state index >= 15 is 0 Å². The molecule has 0 atom stereocenters. The molecule has 0 amide bonds. The SMILES string of the molecule is C[Si](C)(C)Oc1cccc(=O)o1. The van der Waals surface area contributed by atoms with Crippen LogP contribution in [0, 0.1) is 0 Å². The van der Waals surface area contributed by atoms with Crippen LogP contribution in [0.3, 0.4) is 0 Å². The molecule has 0 spiro atoms. The van der Waals surface area contributed by atoms with E-state index in [0.717, 1.165) is 0 Å². The van der Waals surface area contributed by atoms with Gasteiger partial charge in [0.15, 0.2) is 0 Å². The molecular weight excluding hydrogens is 172 g/mol. The van der Waals surface area contributed by atoms with Gasteiger partial charge < -0.3 is 8.84 Å². The molecule has 0 N–H and O–H groups in total. The van der Waals surface area contributed by atoms with Crippen molar-refractivity contribution >= 4 is 8.32 Å². The van der Waals surface area contributed by atoms with Gasteiger partial charge in [0.25, 0.3) is 5.95 Å². The summed E-state index contributed by atoms with van der Waals surface area (Å²) >= 11 is 0. The molecular formula is C8H12O3Si. The van der Waals surface area contributed by atoms with Crippen molar-refractivity contribution in [2.24, 2.45) is 0 Å². The summed E-state index contributed by atoms with van der Waals surface area (Å²) in [4.78, 5) is 10.7. The number of hydrogen-bond acceptors (Lipinski definition) is 3. The molecule has 12 heavy (non-hydrogen) atoms. The molecule has 1 aromatic rings. The summed E-state index contributed by atoms with van der Waals surface area (Å²) in [5, 5.41) is 0. The Morgan fingerprint density at radius 2 is 2.00 bits per heavy atom. The zero-order valence-corrected chi connectivity index (χ0v) is 8.46. The summed E-state index contributed by atoms with van der Waals surface area (Å²) < 4.78 is 10.3. The minimum absolute atomic E-state index is 0.321. The van der Waals surface area contributed by atoms with Gasteiger partial charge >= 0.3 is 5.63 Å². The van der Waals surface area contributed by atoms with Crippen LogP contribution < -0.4 is 10.1 Å². The van der Waals surface area contributed by atoms with Crippen molar-refractivity contribution in [3.8, 4) is 5.95 Å². The molecule has 66 valence electrons. The highest BCUT2D eigenvalue weighted by atomic mass is 28.4. The van der Waals surface area contributed by atoms with Gasteiger partial charge in [0, 0.05) is 12.1 Å². The highest BCUT2D eigenvalue weighted by Crippen LogP contribution is 2.12. The third kappa shape index (κ3) is 2.92. The van der Waals surface area contributed by atoms with E-state index in [4.69, 9.17) is 8.84 Å². The quantitative estimate of drug-likeness (QED) is 0.658. The lowest BCUT2D eigenvalue weighted by Crippen LogP contribution is -2.29. The Labute approximate surface area is 72.1 Å². The fraction of sp³-hybridized carbons (Fsp3) is 0.375. The lowest BCUT2D eigenvalue weighted by molar-refractivity contribution is 0.358. The third-order valence-corrected chi connectivity index (χ3v) is 1.89. The molecule has 0 radical (unpaired) electrons. The fourth-order valence-corrected chi connectivity index (χ4v) is 1.44. The molecule has 0 saturated heterocycles. The summed E-state index contributed by atoms with van der Waals surface area (Å²) in [5.74, 6) is 0.321. The predicted molar refractivity (Wildman–Crippen MR) is 49.0 cm³/mol. The monoisotopic (exact) mass is 184 g/mol. The first-order valence-corrected chi connectivity index (χ1v) is 7.17. The smallest absolute Gasteiger partial charge is 0.338 e. The van der Waals surface area contributed by atoms with Crippen LogP contribution >= 0.6 is 0 Å². The van der Waals surface area contributed by atoms with Gasteiger partial charge in [-0.25, -0.2) is 4.79 Å². The molecule has 0 bridgehead atoms. The minimum atomic E-state index is -1.65. The predicted octanol–water partition coefficient (Wildman–Crippen LogP) is 1.85. The zero-order chi connectivity index (χ0) is 9.19. The van der Waals surface area contributed by atoms with Crippen molar-refractivity contribution in [1.29, 1.82) is 0 Å². The second kappa shape index (κ2) is 3.14. The highest BCUT2D eigenvalue weighted by Gasteiger charge is 2.17. The lowest BCUT2D eigenvalue weighted by atomic mass is 10.5. The largest absolute Gasteiger partial charge is 0.519 e. The Morgan fingerprint density at radius 1 is 1.33 bits per heavy atom. The van der Waals surface area contributed by atoms with Gasteiger partial charge in [0.05, 0.1) is 0 Å². The third-order valence-electron chi connectivity index (χ3n) is 1.07. The molecule has 4 heteroatoms. The Hall–Kier alpha value is -1.03. The molecule has 0 aliphatic rings. The summed E-state index contributed by atoms with van der Waals surface area (Å²) in [6.45, 7) is 6.08. The summed E-state index contributed by atoms with van der Waals surface area (Å²) in [6.07, 6.45) is 0. The Balaban J connectivity index is 2.84. The van der Waals surface area contributed by atoms with Crippen LogP contribution in [0.2, 0.25) is 19.6 Å². The first kappa shape index (κ1) is 9.06. The van der Waals surface area contributed by atoms with E-state index in [1.54, 1.807) is 12.1 Å². The average molecular weight is 184 g/mol. The van der Waals surface area contributed by atoms with Crippen molar-refractivity contribution in [3.05, 3.63) is 28.6 Å². The highest BCUT2D eigenvalue weighted by molar-refractivity contribution is 6.70. The van der Waals surface area contributed by atoms with E-state index in [1.807, 2.05) is 19.6 Å². The second-order valence-electron chi connectivity index (χ2n) is 3.48. The first-order chi connectivity index (χ1) is 5.47. The molecule has 0 unspecified atom stereocenters. The fourth-order valence-electron chi connectivity index (χ4n) is 0.729. The molecule has 3 nitrogen and oxygen atoms in total. The molecule has 0 fully saturated rings. The van der Waals surface area contributed by atoms with Crippen molar-refractivity contribution in [1.82, 2.24) is 0 Å². The van der Waals surface area contributed by atoms with Crippen molar-refractivity contribution in [2.75, 3.05) is 0 Å². The molecule has 0 aromatic carbocycles. The Morgan fingerprint density at radius 3 is 2.50 bits per heavy atom. The van der Waals surface area contributed by atoms with Gasteiger partial charge in [-0.15, -0.1) is 0 Å². The molecule has 0 saturated carbocycles. The van der Waals surface area contributed by atoms with Gasteiger partial charge in [0.1, 0.15) is 0 Å². The summed E-state index contributed by atoms with van der Waals surface area (Å²) in [6, 6.07) is 4.64. The van der Waals surface area contributed by atoms with Crippen LogP contribution in [-0.4, -0.2) is 8.32 Å². The van der Waals surface area contributed by atoms with Crippen LogP contribution in [0.15, 0.2) is 27.4 Å². The van der Waals surface area contributed by atoms with E-state index in [0.29, 0.717) is 5.95 Å². The first-order valence-electron chi connectivity index (χ1n) is 3.76. The molecule has 0 aliphatic carbocycles. The topological polar surface area (TPSA) is 39.4 Å². The van der Waals surface area contributed by atoms with Gasteiger partial charge in [0.2, 0.25) is 8.32 Å². The lowest BCUT2D eigenvalue weighted by Gasteiger charge is -2.16. The molecule has 0 aliphatic heterocycles. The normalized spacial score (nSPS) is 11.2. The van der Waals surface area contributed by atoms with Gasteiger partial charge in [-0.3, -0.25) is 0 Å². The average Bonchev–Trinajstić information content (AvgIpc) is 1.82. The van der Waals surface area contributed by atoms with Gasteiger partial charge in [-0.1, -0.05) is 0 Å². The maximum Gasteiger partial charge on any atom is 0.338 e. The standard InChI is InChI=1S/C8H12O3Si/c1-12(2,3)11-8-6-4-5-7(9)10-8/h4-6H,1-3H3. The number of rotatable bonds is 2. The van der Waals surface area contributed by atoms with E-state index < -0.39 is 8.32 Å². The summed E-state index contributed by atoms with van der Waals surface area (Å²) in [7, 11) is -1.65. The molecule has 1 heterocycles. The number of hydrogen-bond donors (Lipinski definition) is 0. The van der Waals surface area contributed by atoms with Crippen LogP contribution in [0.25, 0.3) is 0 Å². The van der Waals surface area contributed by atoms with Crippen LogP contribution in [0.4, 0.5) is 0 Å². The van der Waals surface area contributed by atoms with Crippen LogP contribution in [0.5, 0.6) is 5.95 Å². The second-order valence-corrected chi connectivity index (χ2v) is 7.91. The van der Waals surface area contributed by atoms with E-state index in [9.17, 15) is 4.79 Å². The Kier molecular flexibility index (Phi) is 2.37. The van der Waals surface area contributed by atoms with Crippen molar-refractivity contribution in [2.45, 2.75) is 19.6 Å². The summed E-state index contributed by atoms with van der Waals surface area (Å²) in [5.41, 5.74) is -0.370. The van der Waals surface area contributed by atoms with Crippen molar-refractivity contribution < 1.29 is 8.84 Å².